The number of rotatable bonds is 0. The zero-order chi connectivity index (χ0) is 8.27. The van der Waals surface area contributed by atoms with Crippen LogP contribution in [0.1, 0.15) is 16.7 Å². The van der Waals surface area contributed by atoms with E-state index in [1.54, 1.807) is 0 Å². The molecule has 0 bridgehead atoms. The lowest BCUT2D eigenvalue weighted by molar-refractivity contribution is 1.36. The van der Waals surface area contributed by atoms with Gasteiger partial charge in [-0.25, -0.2) is 0 Å². The Hall–Kier alpha value is -0.490. The van der Waals surface area contributed by atoms with Gasteiger partial charge in [0.2, 0.25) is 0 Å². The molecule has 0 aliphatic heterocycles. The van der Waals surface area contributed by atoms with Crippen molar-refractivity contribution in [1.29, 1.82) is 0 Å². The molecule has 0 N–H and O–H groups in total. The first kappa shape index (κ1) is 8.61. The summed E-state index contributed by atoms with van der Waals surface area (Å²) < 4.78 is 2.86. The minimum atomic E-state index is 1.13. The van der Waals surface area contributed by atoms with Crippen molar-refractivity contribution in [2.24, 2.45) is 0 Å². The summed E-state index contributed by atoms with van der Waals surface area (Å²) in [6.45, 7) is 4.18. The summed E-state index contributed by atoms with van der Waals surface area (Å²) >= 11 is 2.06. The molecule has 1 aromatic carbocycles. The van der Waals surface area contributed by atoms with E-state index in [4.69, 9.17) is 0 Å². The van der Waals surface area contributed by atoms with Crippen molar-refractivity contribution in [2.75, 3.05) is 0 Å². The van der Waals surface area contributed by atoms with Gasteiger partial charge in [0.05, 0.1) is 0 Å². The van der Waals surface area contributed by atoms with Crippen molar-refractivity contribution in [3.8, 4) is 9.85 Å². The topological polar surface area (TPSA) is 0 Å². The third-order valence-corrected chi connectivity index (χ3v) is 1.83. The Kier molecular flexibility index (Phi) is 2.95. The summed E-state index contributed by atoms with van der Waals surface area (Å²) in [4.78, 5) is 0. The van der Waals surface area contributed by atoms with Gasteiger partial charge in [0.15, 0.2) is 0 Å². The molecule has 0 radical (unpaired) electrons. The van der Waals surface area contributed by atoms with Crippen molar-refractivity contribution in [2.45, 2.75) is 13.8 Å². The molecule has 0 nitrogen and oxygen atoms in total. The molecule has 0 aliphatic carbocycles. The van der Waals surface area contributed by atoms with E-state index in [2.05, 4.69) is 64.5 Å². The molecule has 0 saturated carbocycles. The van der Waals surface area contributed by atoms with E-state index in [1.165, 1.54) is 11.1 Å². The zero-order valence-corrected chi connectivity index (χ0v) is 8.77. The molecule has 0 fully saturated rings. The maximum Gasteiger partial charge on any atom is 0.0282 e. The minimum absolute atomic E-state index is 1.13. The summed E-state index contributed by atoms with van der Waals surface area (Å²) in [5, 5.41) is 0. The van der Waals surface area contributed by atoms with Gasteiger partial charge in [-0.2, -0.15) is 0 Å². The van der Waals surface area contributed by atoms with Crippen LogP contribution in [0.3, 0.4) is 0 Å². The van der Waals surface area contributed by atoms with Gasteiger partial charge in [0, 0.05) is 28.2 Å². The molecular formula is C10H9I. The summed E-state index contributed by atoms with van der Waals surface area (Å²) in [6, 6.07) is 6.30. The van der Waals surface area contributed by atoms with Crippen LogP contribution in [-0.4, -0.2) is 0 Å². The van der Waals surface area contributed by atoms with Crippen LogP contribution >= 0.6 is 22.6 Å². The van der Waals surface area contributed by atoms with Crippen molar-refractivity contribution in [1.82, 2.24) is 0 Å². The van der Waals surface area contributed by atoms with Gasteiger partial charge in [0.1, 0.15) is 0 Å². The summed E-state index contributed by atoms with van der Waals surface area (Å²) in [6.07, 6.45) is 0. The highest BCUT2D eigenvalue weighted by Crippen LogP contribution is 2.08. The van der Waals surface area contributed by atoms with Crippen LogP contribution in [0.25, 0.3) is 0 Å². The second-order valence-corrected chi connectivity index (χ2v) is 3.08. The Labute approximate surface area is 81.2 Å². The molecule has 11 heavy (non-hydrogen) atoms. The molecule has 0 aromatic heterocycles. The second-order valence-electron chi connectivity index (χ2n) is 2.54. The maximum atomic E-state index is 3.04. The molecule has 0 unspecified atom stereocenters. The van der Waals surface area contributed by atoms with Crippen LogP contribution in [0.15, 0.2) is 18.2 Å². The average Bonchev–Trinajstić information content (AvgIpc) is 1.95. The fourth-order valence-corrected chi connectivity index (χ4v) is 1.30. The third kappa shape index (κ3) is 2.23. The van der Waals surface area contributed by atoms with Gasteiger partial charge in [0.25, 0.3) is 0 Å². The Morgan fingerprint density at radius 3 is 2.55 bits per heavy atom. The van der Waals surface area contributed by atoms with Crippen LogP contribution < -0.4 is 0 Å². The van der Waals surface area contributed by atoms with E-state index in [-0.39, 0.29) is 0 Å². The van der Waals surface area contributed by atoms with Crippen LogP contribution in [0.5, 0.6) is 0 Å². The van der Waals surface area contributed by atoms with E-state index in [0.717, 1.165) is 5.56 Å². The van der Waals surface area contributed by atoms with E-state index >= 15 is 0 Å². The molecule has 0 amide bonds. The van der Waals surface area contributed by atoms with Gasteiger partial charge in [-0.05, 0) is 29.4 Å². The maximum absolute atomic E-state index is 3.04. The first-order valence-electron chi connectivity index (χ1n) is 3.43. The highest BCUT2D eigenvalue weighted by molar-refractivity contribution is 14.1. The van der Waals surface area contributed by atoms with Gasteiger partial charge < -0.3 is 0 Å². The smallest absolute Gasteiger partial charge is 0.0282 e. The first-order valence-corrected chi connectivity index (χ1v) is 4.51. The zero-order valence-electron chi connectivity index (χ0n) is 6.61. The number of benzene rings is 1. The van der Waals surface area contributed by atoms with Crippen LogP contribution in [0, 0.1) is 23.7 Å². The Morgan fingerprint density at radius 2 is 2.00 bits per heavy atom. The van der Waals surface area contributed by atoms with Crippen LogP contribution in [0.4, 0.5) is 0 Å². The minimum Gasteiger partial charge on any atom is -0.0581 e. The Balaban J connectivity index is 3.16. The van der Waals surface area contributed by atoms with Gasteiger partial charge >= 0.3 is 0 Å². The van der Waals surface area contributed by atoms with E-state index < -0.39 is 0 Å². The van der Waals surface area contributed by atoms with E-state index in [1.807, 2.05) is 0 Å². The molecule has 1 heteroatoms. The Morgan fingerprint density at radius 1 is 1.27 bits per heavy atom. The van der Waals surface area contributed by atoms with Gasteiger partial charge in [-0.1, -0.05) is 23.6 Å². The Bertz CT molecular complexity index is 315. The van der Waals surface area contributed by atoms with Crippen molar-refractivity contribution in [3.05, 3.63) is 34.9 Å². The number of aryl methyl sites for hydroxylation is 2. The summed E-state index contributed by atoms with van der Waals surface area (Å²) in [5.41, 5.74) is 3.68. The van der Waals surface area contributed by atoms with E-state index in [9.17, 15) is 0 Å². The average molecular weight is 256 g/mol. The predicted molar refractivity (Wildman–Crippen MR) is 56.8 cm³/mol. The molecule has 0 spiro atoms. The largest absolute Gasteiger partial charge is 0.0581 e. The van der Waals surface area contributed by atoms with Gasteiger partial charge in [-0.15, -0.1) is 0 Å². The molecule has 1 aromatic rings. The normalized spacial score (nSPS) is 8.64. The van der Waals surface area contributed by atoms with Crippen LogP contribution in [0.2, 0.25) is 0 Å². The van der Waals surface area contributed by atoms with Crippen molar-refractivity contribution < 1.29 is 0 Å². The summed E-state index contributed by atoms with van der Waals surface area (Å²) in [5.74, 6) is 3.04. The fraction of sp³-hybridized carbons (Fsp3) is 0.200. The molecule has 0 heterocycles. The number of halogens is 1. The molecular weight excluding hydrogens is 247 g/mol. The molecule has 1 rings (SSSR count). The first-order chi connectivity index (χ1) is 5.24. The molecule has 0 saturated heterocycles. The number of hydrogen-bond donors (Lipinski definition) is 0. The highest BCUT2D eigenvalue weighted by atomic mass is 127. The lowest BCUT2D eigenvalue weighted by Gasteiger charge is -1.97. The SMILES string of the molecule is Cc1ccc(C#CI)c(C)c1. The monoisotopic (exact) mass is 256 g/mol. The summed E-state index contributed by atoms with van der Waals surface area (Å²) in [7, 11) is 0. The third-order valence-electron chi connectivity index (χ3n) is 1.56. The highest BCUT2D eigenvalue weighted by Gasteiger charge is 1.92. The molecule has 0 aliphatic rings. The lowest BCUT2D eigenvalue weighted by Crippen LogP contribution is -1.82. The lowest BCUT2D eigenvalue weighted by atomic mass is 10.1. The van der Waals surface area contributed by atoms with Gasteiger partial charge in [-0.3, -0.25) is 0 Å². The van der Waals surface area contributed by atoms with E-state index in [0.29, 0.717) is 0 Å². The predicted octanol–water partition coefficient (Wildman–Crippen LogP) is 3.05. The quantitative estimate of drug-likeness (QED) is 0.494. The standard InChI is InChI=1S/C10H9I/c1-8-3-4-10(5-6-11)9(2)7-8/h3-4,7H,1-2H3. The van der Waals surface area contributed by atoms with Crippen molar-refractivity contribution in [3.63, 3.8) is 0 Å². The number of hydrogen-bond acceptors (Lipinski definition) is 0. The fourth-order valence-electron chi connectivity index (χ4n) is 1.00. The second kappa shape index (κ2) is 3.77. The van der Waals surface area contributed by atoms with Crippen molar-refractivity contribution >= 4 is 22.6 Å². The molecule has 0 atom stereocenters. The van der Waals surface area contributed by atoms with Crippen LogP contribution in [-0.2, 0) is 0 Å². The molecule has 56 valence electrons.